The Hall–Kier alpha value is -2.69. The highest BCUT2D eigenvalue weighted by Gasteiger charge is 2.23. The summed E-state index contributed by atoms with van der Waals surface area (Å²) in [6.45, 7) is 5.56. The first-order valence-electron chi connectivity index (χ1n) is 11.5. The maximum absolute atomic E-state index is 13.2. The topological polar surface area (TPSA) is 23.6 Å². The Bertz CT molecular complexity index is 1080. The number of likely N-dealkylation sites (tertiary alicyclic amines) is 1. The molecule has 0 aromatic heterocycles. The summed E-state index contributed by atoms with van der Waals surface area (Å²) in [5.41, 5.74) is 4.65. The Morgan fingerprint density at radius 1 is 0.939 bits per heavy atom. The Balaban J connectivity index is 1.42. The van der Waals surface area contributed by atoms with Gasteiger partial charge < -0.3 is 4.90 Å². The summed E-state index contributed by atoms with van der Waals surface area (Å²) < 4.78 is 13.2. The summed E-state index contributed by atoms with van der Waals surface area (Å²) >= 11 is 6.35. The van der Waals surface area contributed by atoms with Crippen LogP contribution in [-0.4, -0.2) is 28.8 Å². The summed E-state index contributed by atoms with van der Waals surface area (Å²) in [5, 5.41) is 0.686. The van der Waals surface area contributed by atoms with Crippen LogP contribution in [0.25, 0.3) is 0 Å². The summed E-state index contributed by atoms with van der Waals surface area (Å²) in [6, 6.07) is 23.0. The Morgan fingerprint density at radius 2 is 1.55 bits per heavy atom. The highest BCUT2D eigenvalue weighted by Crippen LogP contribution is 2.32. The first-order chi connectivity index (χ1) is 16.0. The summed E-state index contributed by atoms with van der Waals surface area (Å²) in [7, 11) is 0. The van der Waals surface area contributed by atoms with Gasteiger partial charge in [0, 0.05) is 31.6 Å². The Labute approximate surface area is 200 Å². The lowest BCUT2D eigenvalue weighted by Crippen LogP contribution is -2.33. The van der Waals surface area contributed by atoms with E-state index < -0.39 is 0 Å². The molecule has 4 rings (SSSR count). The zero-order valence-electron chi connectivity index (χ0n) is 19.0. The first-order valence-corrected chi connectivity index (χ1v) is 11.9. The van der Waals surface area contributed by atoms with E-state index in [2.05, 4.69) is 29.2 Å². The zero-order chi connectivity index (χ0) is 23.2. The normalized spacial score (nSPS) is 14.9. The van der Waals surface area contributed by atoms with Crippen LogP contribution in [0.15, 0.2) is 72.8 Å². The van der Waals surface area contributed by atoms with Crippen molar-refractivity contribution < 1.29 is 9.18 Å². The molecule has 5 heteroatoms. The number of amides is 1. The van der Waals surface area contributed by atoms with Crippen molar-refractivity contribution in [3.8, 4) is 0 Å². The molecule has 0 saturated carbocycles. The minimum absolute atomic E-state index is 0.0406. The molecule has 0 N–H and O–H groups in total. The van der Waals surface area contributed by atoms with Gasteiger partial charge in [0.05, 0.1) is 0 Å². The van der Waals surface area contributed by atoms with Crippen molar-refractivity contribution in [2.75, 3.05) is 13.1 Å². The molecule has 0 spiro atoms. The molecule has 3 aromatic rings. The van der Waals surface area contributed by atoms with Crippen LogP contribution in [0.4, 0.5) is 4.39 Å². The number of halogens is 2. The van der Waals surface area contributed by atoms with E-state index in [4.69, 9.17) is 11.6 Å². The smallest absolute Gasteiger partial charge is 0.220 e. The molecule has 1 fully saturated rings. The largest absolute Gasteiger partial charge is 0.334 e. The highest BCUT2D eigenvalue weighted by molar-refractivity contribution is 6.31. The number of nitrogens with zero attached hydrogens (tertiary/aromatic N) is 2. The minimum atomic E-state index is -0.191. The van der Waals surface area contributed by atoms with Gasteiger partial charge in [-0.2, -0.15) is 0 Å². The third kappa shape index (κ3) is 6.21. The fourth-order valence-electron chi connectivity index (χ4n) is 4.64. The van der Waals surface area contributed by atoms with Gasteiger partial charge in [0.1, 0.15) is 5.82 Å². The average molecular weight is 465 g/mol. The molecular formula is C28H30ClFN2O. The molecule has 1 aliphatic rings. The standard InChI is InChI=1S/C28H30ClFN2O/c1-21(33)32(20-25-7-3-5-9-28(25)29)19-24-6-2-4-8-27(24)23-14-16-31(17-15-23)18-22-10-12-26(30)13-11-22/h2-13,23H,14-20H2,1H3. The number of carbonyl (C=O) groups is 1. The van der Waals surface area contributed by atoms with Crippen LogP contribution in [0.5, 0.6) is 0 Å². The van der Waals surface area contributed by atoms with Gasteiger partial charge in [0.25, 0.3) is 0 Å². The van der Waals surface area contributed by atoms with Crippen molar-refractivity contribution in [1.29, 1.82) is 0 Å². The number of piperidine rings is 1. The molecule has 0 unspecified atom stereocenters. The van der Waals surface area contributed by atoms with Crippen molar-refractivity contribution in [3.05, 3.63) is 106 Å². The lowest BCUT2D eigenvalue weighted by atomic mass is 9.86. The molecule has 1 amide bonds. The molecule has 172 valence electrons. The van der Waals surface area contributed by atoms with Crippen LogP contribution in [-0.2, 0) is 24.4 Å². The molecular weight excluding hydrogens is 435 g/mol. The Kier molecular flexibility index (Phi) is 7.79. The van der Waals surface area contributed by atoms with Gasteiger partial charge in [-0.3, -0.25) is 9.69 Å². The van der Waals surface area contributed by atoms with E-state index >= 15 is 0 Å². The van der Waals surface area contributed by atoms with Gasteiger partial charge in [0.15, 0.2) is 0 Å². The van der Waals surface area contributed by atoms with Crippen LogP contribution in [0.3, 0.4) is 0 Å². The fourth-order valence-corrected chi connectivity index (χ4v) is 4.84. The van der Waals surface area contributed by atoms with E-state index in [0.29, 0.717) is 24.0 Å². The van der Waals surface area contributed by atoms with E-state index in [1.807, 2.05) is 41.3 Å². The minimum Gasteiger partial charge on any atom is -0.334 e. The molecule has 0 aliphatic carbocycles. The quantitative estimate of drug-likeness (QED) is 0.403. The second-order valence-corrected chi connectivity index (χ2v) is 9.25. The van der Waals surface area contributed by atoms with E-state index in [9.17, 15) is 9.18 Å². The van der Waals surface area contributed by atoms with E-state index in [1.54, 1.807) is 6.92 Å². The fraction of sp³-hybridized carbons (Fsp3) is 0.321. The van der Waals surface area contributed by atoms with E-state index in [-0.39, 0.29) is 11.7 Å². The lowest BCUT2D eigenvalue weighted by molar-refractivity contribution is -0.130. The number of benzene rings is 3. The molecule has 1 saturated heterocycles. The van der Waals surface area contributed by atoms with Crippen LogP contribution in [0.1, 0.15) is 47.9 Å². The van der Waals surface area contributed by atoms with E-state index in [0.717, 1.165) is 43.6 Å². The van der Waals surface area contributed by atoms with Crippen molar-refractivity contribution in [1.82, 2.24) is 9.80 Å². The second kappa shape index (κ2) is 11.0. The summed E-state index contributed by atoms with van der Waals surface area (Å²) in [4.78, 5) is 16.7. The van der Waals surface area contributed by atoms with Crippen LogP contribution < -0.4 is 0 Å². The monoisotopic (exact) mass is 464 g/mol. The lowest BCUT2D eigenvalue weighted by Gasteiger charge is -2.33. The first kappa shape index (κ1) is 23.5. The predicted molar refractivity (Wildman–Crippen MR) is 131 cm³/mol. The van der Waals surface area contributed by atoms with Gasteiger partial charge in [-0.1, -0.05) is 66.2 Å². The van der Waals surface area contributed by atoms with Gasteiger partial charge in [0.2, 0.25) is 5.91 Å². The van der Waals surface area contributed by atoms with Crippen molar-refractivity contribution >= 4 is 17.5 Å². The van der Waals surface area contributed by atoms with Crippen LogP contribution in [0, 0.1) is 5.82 Å². The molecule has 33 heavy (non-hydrogen) atoms. The number of carbonyl (C=O) groups excluding carboxylic acids is 1. The number of rotatable bonds is 7. The third-order valence-electron chi connectivity index (χ3n) is 6.53. The van der Waals surface area contributed by atoms with Crippen LogP contribution >= 0.6 is 11.6 Å². The summed E-state index contributed by atoms with van der Waals surface area (Å²) in [6.07, 6.45) is 2.14. The van der Waals surface area contributed by atoms with Crippen molar-refractivity contribution in [2.24, 2.45) is 0 Å². The molecule has 0 radical (unpaired) electrons. The van der Waals surface area contributed by atoms with E-state index in [1.165, 1.54) is 23.3 Å². The molecule has 1 aliphatic heterocycles. The van der Waals surface area contributed by atoms with Crippen molar-refractivity contribution in [3.63, 3.8) is 0 Å². The zero-order valence-corrected chi connectivity index (χ0v) is 19.8. The van der Waals surface area contributed by atoms with Gasteiger partial charge in [-0.05, 0) is 72.3 Å². The van der Waals surface area contributed by atoms with Gasteiger partial charge >= 0.3 is 0 Å². The molecule has 0 atom stereocenters. The number of hydrogen-bond acceptors (Lipinski definition) is 2. The maximum atomic E-state index is 13.2. The number of hydrogen-bond donors (Lipinski definition) is 0. The van der Waals surface area contributed by atoms with Gasteiger partial charge in [-0.25, -0.2) is 4.39 Å². The van der Waals surface area contributed by atoms with Crippen LogP contribution in [0.2, 0.25) is 5.02 Å². The SMILES string of the molecule is CC(=O)N(Cc1ccccc1Cl)Cc1ccccc1C1CCN(Cc2ccc(F)cc2)CC1. The third-order valence-corrected chi connectivity index (χ3v) is 6.90. The maximum Gasteiger partial charge on any atom is 0.220 e. The molecule has 1 heterocycles. The van der Waals surface area contributed by atoms with Crippen molar-refractivity contribution in [2.45, 2.75) is 45.3 Å². The highest BCUT2D eigenvalue weighted by atomic mass is 35.5. The average Bonchev–Trinajstić information content (AvgIpc) is 2.82. The molecule has 3 nitrogen and oxygen atoms in total. The molecule has 3 aromatic carbocycles. The Morgan fingerprint density at radius 3 is 2.21 bits per heavy atom. The second-order valence-electron chi connectivity index (χ2n) is 8.84. The predicted octanol–water partition coefficient (Wildman–Crippen LogP) is 6.41. The molecule has 0 bridgehead atoms. The van der Waals surface area contributed by atoms with Gasteiger partial charge in [-0.15, -0.1) is 0 Å². The summed E-state index contributed by atoms with van der Waals surface area (Å²) in [5.74, 6) is 0.321.